The number of carbonyl (C=O) groups excluding carboxylic acids is 1. The number of phenolic OH excluding ortho intramolecular Hbond substituents is 1. The van der Waals surface area contributed by atoms with Crippen LogP contribution in [0.1, 0.15) is 38.9 Å². The maximum atomic E-state index is 12.0. The smallest absolute Gasteiger partial charge is 0.317 e. The first-order valence-electron chi connectivity index (χ1n) is 7.43. The third-order valence-electron chi connectivity index (χ3n) is 3.32. The van der Waals surface area contributed by atoms with Crippen molar-refractivity contribution < 1.29 is 15.0 Å². The van der Waals surface area contributed by atoms with Crippen LogP contribution in [-0.4, -0.2) is 40.8 Å². The Morgan fingerprint density at radius 2 is 2.10 bits per heavy atom. The monoisotopic (exact) mass is 294 g/mol. The number of urea groups is 1. The van der Waals surface area contributed by atoms with Gasteiger partial charge in [-0.15, -0.1) is 0 Å². The minimum Gasteiger partial charge on any atom is -0.508 e. The molecule has 1 atom stereocenters. The first kappa shape index (κ1) is 17.3. The predicted molar refractivity (Wildman–Crippen MR) is 83.2 cm³/mol. The molecule has 0 bridgehead atoms. The lowest BCUT2D eigenvalue weighted by Crippen LogP contribution is -2.42. The van der Waals surface area contributed by atoms with Gasteiger partial charge in [0.25, 0.3) is 0 Å². The number of aliphatic hydroxyl groups excluding tert-OH is 1. The molecule has 0 aliphatic rings. The number of amides is 2. The van der Waals surface area contributed by atoms with Gasteiger partial charge in [-0.05, 0) is 37.0 Å². The Labute approximate surface area is 126 Å². The van der Waals surface area contributed by atoms with Crippen LogP contribution in [0.3, 0.4) is 0 Å². The lowest BCUT2D eigenvalue weighted by molar-refractivity contribution is 0.123. The molecule has 0 aliphatic heterocycles. The highest BCUT2D eigenvalue weighted by Crippen LogP contribution is 2.19. The van der Waals surface area contributed by atoms with Gasteiger partial charge >= 0.3 is 6.03 Å². The van der Waals surface area contributed by atoms with Gasteiger partial charge in [0.1, 0.15) is 5.75 Å². The standard InChI is InChI=1S/C16H26N2O3/c1-4-18(16(21)17-9-8-12(2)3)11-15(20)13-6-5-7-14(19)10-13/h5-7,10,12,15,19-20H,4,8-9,11H2,1-3H3,(H,17,21)/t15-/m0/s1. The largest absolute Gasteiger partial charge is 0.508 e. The van der Waals surface area contributed by atoms with Gasteiger partial charge < -0.3 is 20.4 Å². The van der Waals surface area contributed by atoms with Crippen LogP contribution in [-0.2, 0) is 0 Å². The number of nitrogens with zero attached hydrogens (tertiary/aromatic N) is 1. The van der Waals surface area contributed by atoms with Gasteiger partial charge in [-0.2, -0.15) is 0 Å². The summed E-state index contributed by atoms with van der Waals surface area (Å²) in [5.41, 5.74) is 0.600. The predicted octanol–water partition coefficient (Wildman–Crippen LogP) is 2.50. The molecule has 0 aromatic heterocycles. The number of benzene rings is 1. The number of nitrogens with one attached hydrogen (secondary N) is 1. The van der Waals surface area contributed by atoms with E-state index in [-0.39, 0.29) is 18.3 Å². The van der Waals surface area contributed by atoms with Crippen molar-refractivity contribution in [3.63, 3.8) is 0 Å². The normalized spacial score (nSPS) is 12.2. The van der Waals surface area contributed by atoms with Crippen molar-refractivity contribution in [1.82, 2.24) is 10.2 Å². The molecule has 3 N–H and O–H groups in total. The molecule has 0 heterocycles. The van der Waals surface area contributed by atoms with Gasteiger partial charge in [0.2, 0.25) is 0 Å². The van der Waals surface area contributed by atoms with Crippen molar-refractivity contribution in [2.24, 2.45) is 5.92 Å². The van der Waals surface area contributed by atoms with Crippen LogP contribution in [0.25, 0.3) is 0 Å². The summed E-state index contributed by atoms with van der Waals surface area (Å²) in [7, 11) is 0. The first-order valence-corrected chi connectivity index (χ1v) is 7.43. The van der Waals surface area contributed by atoms with E-state index in [0.717, 1.165) is 6.42 Å². The van der Waals surface area contributed by atoms with Crippen LogP contribution in [0.15, 0.2) is 24.3 Å². The lowest BCUT2D eigenvalue weighted by Gasteiger charge is -2.24. The average molecular weight is 294 g/mol. The highest BCUT2D eigenvalue weighted by molar-refractivity contribution is 5.74. The highest BCUT2D eigenvalue weighted by Gasteiger charge is 2.17. The number of hydrogen-bond acceptors (Lipinski definition) is 3. The summed E-state index contributed by atoms with van der Waals surface area (Å²) in [4.78, 5) is 13.6. The molecule has 5 nitrogen and oxygen atoms in total. The zero-order chi connectivity index (χ0) is 15.8. The highest BCUT2D eigenvalue weighted by atomic mass is 16.3. The maximum absolute atomic E-state index is 12.0. The maximum Gasteiger partial charge on any atom is 0.317 e. The van der Waals surface area contributed by atoms with Gasteiger partial charge in [0.05, 0.1) is 12.6 Å². The number of likely N-dealkylation sites (N-methyl/N-ethyl adjacent to an activating group) is 1. The third-order valence-corrected chi connectivity index (χ3v) is 3.32. The van der Waals surface area contributed by atoms with Crippen molar-refractivity contribution in [3.8, 4) is 5.75 Å². The SMILES string of the molecule is CCN(C[C@H](O)c1cccc(O)c1)C(=O)NCCC(C)C. The zero-order valence-electron chi connectivity index (χ0n) is 13.0. The van der Waals surface area contributed by atoms with E-state index in [9.17, 15) is 15.0 Å². The molecule has 0 saturated carbocycles. The van der Waals surface area contributed by atoms with Crippen molar-refractivity contribution in [2.75, 3.05) is 19.6 Å². The topological polar surface area (TPSA) is 72.8 Å². The molecule has 0 aliphatic carbocycles. The molecule has 21 heavy (non-hydrogen) atoms. The zero-order valence-corrected chi connectivity index (χ0v) is 13.0. The van der Waals surface area contributed by atoms with E-state index in [1.807, 2.05) is 6.92 Å². The van der Waals surface area contributed by atoms with E-state index in [2.05, 4.69) is 19.2 Å². The van der Waals surface area contributed by atoms with Gasteiger partial charge in [-0.1, -0.05) is 26.0 Å². The summed E-state index contributed by atoms with van der Waals surface area (Å²) in [5, 5.41) is 22.5. The lowest BCUT2D eigenvalue weighted by atomic mass is 10.1. The molecule has 1 rings (SSSR count). The molecule has 118 valence electrons. The Bertz CT molecular complexity index is 449. The van der Waals surface area contributed by atoms with Crippen LogP contribution >= 0.6 is 0 Å². The van der Waals surface area contributed by atoms with E-state index in [0.29, 0.717) is 24.6 Å². The second kappa shape index (κ2) is 8.52. The minimum absolute atomic E-state index is 0.107. The second-order valence-corrected chi connectivity index (χ2v) is 5.56. The Balaban J connectivity index is 2.54. The first-order chi connectivity index (χ1) is 9.93. The number of aromatic hydroxyl groups is 1. The van der Waals surface area contributed by atoms with Crippen molar-refractivity contribution in [1.29, 1.82) is 0 Å². The Hall–Kier alpha value is -1.75. The van der Waals surface area contributed by atoms with Crippen LogP contribution < -0.4 is 5.32 Å². The fraction of sp³-hybridized carbons (Fsp3) is 0.562. The fourth-order valence-corrected chi connectivity index (χ4v) is 1.98. The Kier molecular flexibility index (Phi) is 7.02. The number of aliphatic hydroxyl groups is 1. The fourth-order valence-electron chi connectivity index (χ4n) is 1.98. The molecule has 0 saturated heterocycles. The van der Waals surface area contributed by atoms with Gasteiger partial charge in [0.15, 0.2) is 0 Å². The molecule has 5 heteroatoms. The van der Waals surface area contributed by atoms with Crippen LogP contribution in [0.4, 0.5) is 4.79 Å². The van der Waals surface area contributed by atoms with Crippen molar-refractivity contribution in [2.45, 2.75) is 33.3 Å². The summed E-state index contributed by atoms with van der Waals surface area (Å²) >= 11 is 0. The molecular formula is C16H26N2O3. The number of hydrogen-bond donors (Lipinski definition) is 3. The van der Waals surface area contributed by atoms with Gasteiger partial charge in [-0.3, -0.25) is 0 Å². The number of carbonyl (C=O) groups is 1. The summed E-state index contributed by atoms with van der Waals surface area (Å²) in [5.74, 6) is 0.647. The Morgan fingerprint density at radius 1 is 1.38 bits per heavy atom. The summed E-state index contributed by atoms with van der Waals surface area (Å²) in [6.07, 6.45) is 0.117. The van der Waals surface area contributed by atoms with Crippen LogP contribution in [0.5, 0.6) is 5.75 Å². The minimum atomic E-state index is -0.812. The molecular weight excluding hydrogens is 268 g/mol. The number of rotatable bonds is 7. The number of phenols is 1. The summed E-state index contributed by atoms with van der Waals surface area (Å²) in [6.45, 7) is 7.44. The molecule has 1 aromatic rings. The van der Waals surface area contributed by atoms with Crippen LogP contribution in [0, 0.1) is 5.92 Å². The average Bonchev–Trinajstić information content (AvgIpc) is 2.43. The molecule has 0 radical (unpaired) electrons. The van der Waals surface area contributed by atoms with E-state index in [1.54, 1.807) is 23.1 Å². The molecule has 0 unspecified atom stereocenters. The molecule has 1 aromatic carbocycles. The van der Waals surface area contributed by atoms with E-state index in [1.165, 1.54) is 6.07 Å². The van der Waals surface area contributed by atoms with E-state index >= 15 is 0 Å². The third kappa shape index (κ3) is 6.04. The molecule has 0 spiro atoms. The summed E-state index contributed by atoms with van der Waals surface area (Å²) < 4.78 is 0. The second-order valence-electron chi connectivity index (χ2n) is 5.56. The quantitative estimate of drug-likeness (QED) is 0.723. The van der Waals surface area contributed by atoms with Crippen LogP contribution in [0.2, 0.25) is 0 Å². The van der Waals surface area contributed by atoms with E-state index in [4.69, 9.17) is 0 Å². The van der Waals surface area contributed by atoms with E-state index < -0.39 is 6.10 Å². The van der Waals surface area contributed by atoms with Crippen molar-refractivity contribution >= 4 is 6.03 Å². The van der Waals surface area contributed by atoms with Gasteiger partial charge in [0, 0.05) is 13.1 Å². The Morgan fingerprint density at radius 3 is 2.67 bits per heavy atom. The molecule has 2 amide bonds. The summed E-state index contributed by atoms with van der Waals surface area (Å²) in [6, 6.07) is 6.29. The van der Waals surface area contributed by atoms with Crippen molar-refractivity contribution in [3.05, 3.63) is 29.8 Å². The van der Waals surface area contributed by atoms with Gasteiger partial charge in [-0.25, -0.2) is 4.79 Å². The molecule has 0 fully saturated rings.